The number of fused-ring (bicyclic) bond motifs is 1. The Kier molecular flexibility index (Phi) is 7.40. The summed E-state index contributed by atoms with van der Waals surface area (Å²) in [5.74, 6) is 0.0364. The number of amides is 2. The van der Waals surface area contributed by atoms with E-state index in [2.05, 4.69) is 35.3 Å². The van der Waals surface area contributed by atoms with Gasteiger partial charge in [-0.1, -0.05) is 55.3 Å². The molecule has 1 aliphatic carbocycles. The van der Waals surface area contributed by atoms with Crippen molar-refractivity contribution in [3.63, 3.8) is 0 Å². The van der Waals surface area contributed by atoms with Gasteiger partial charge >= 0.3 is 0 Å². The molecule has 2 amide bonds. The van der Waals surface area contributed by atoms with Gasteiger partial charge < -0.3 is 10.2 Å². The predicted molar refractivity (Wildman–Crippen MR) is 145 cm³/mol. The van der Waals surface area contributed by atoms with Crippen molar-refractivity contribution in [1.82, 2.24) is 10.2 Å². The lowest BCUT2D eigenvalue weighted by molar-refractivity contribution is -0.130. The Morgan fingerprint density at radius 2 is 1.86 bits per heavy atom. The summed E-state index contributed by atoms with van der Waals surface area (Å²) in [5, 5.41) is 5.41. The molecule has 2 aliphatic rings. The quantitative estimate of drug-likeness (QED) is 0.396. The van der Waals surface area contributed by atoms with Crippen LogP contribution in [0.1, 0.15) is 57.6 Å². The third-order valence-corrected chi connectivity index (χ3v) is 9.17. The summed E-state index contributed by atoms with van der Waals surface area (Å²) in [4.78, 5) is 30.2. The lowest BCUT2D eigenvalue weighted by Gasteiger charge is -2.44. The molecule has 2 aromatic carbocycles. The molecule has 0 radical (unpaired) electrons. The number of nitrogens with zero attached hydrogens (tertiary/aromatic N) is 1. The molecule has 1 aromatic heterocycles. The van der Waals surface area contributed by atoms with Crippen molar-refractivity contribution in [3.05, 3.63) is 98.1 Å². The number of thioether (sulfide) groups is 1. The molecule has 3 aromatic rings. The molecule has 2 fully saturated rings. The van der Waals surface area contributed by atoms with Gasteiger partial charge in [-0.2, -0.15) is 0 Å². The highest BCUT2D eigenvalue weighted by Crippen LogP contribution is 2.42. The van der Waals surface area contributed by atoms with Crippen LogP contribution in [0.5, 0.6) is 0 Å². The molecule has 2 atom stereocenters. The van der Waals surface area contributed by atoms with Crippen molar-refractivity contribution in [3.8, 4) is 0 Å². The van der Waals surface area contributed by atoms with E-state index in [1.165, 1.54) is 24.0 Å². The molecule has 1 aliphatic heterocycles. The zero-order valence-corrected chi connectivity index (χ0v) is 21.5. The largest absolute Gasteiger partial charge is 0.347 e. The smallest absolute Gasteiger partial charge is 0.260 e. The van der Waals surface area contributed by atoms with Gasteiger partial charge in [-0.15, -0.1) is 23.1 Å². The van der Waals surface area contributed by atoms with Crippen LogP contribution in [-0.4, -0.2) is 28.0 Å². The Hall–Kier alpha value is -2.83. The zero-order chi connectivity index (χ0) is 24.2. The number of hydrogen-bond donors (Lipinski definition) is 1. The van der Waals surface area contributed by atoms with Crippen LogP contribution in [0.2, 0.25) is 0 Å². The van der Waals surface area contributed by atoms with Crippen molar-refractivity contribution < 1.29 is 9.59 Å². The van der Waals surface area contributed by atoms with Gasteiger partial charge in [-0.25, -0.2) is 0 Å². The average Bonchev–Trinajstić information content (AvgIpc) is 3.40. The highest BCUT2D eigenvalue weighted by atomic mass is 32.2. The summed E-state index contributed by atoms with van der Waals surface area (Å²) in [5.41, 5.74) is 4.01. The fourth-order valence-electron chi connectivity index (χ4n) is 4.90. The van der Waals surface area contributed by atoms with Crippen LogP contribution >= 0.6 is 23.1 Å². The highest BCUT2D eigenvalue weighted by molar-refractivity contribution is 8.04. The first-order chi connectivity index (χ1) is 17.1. The van der Waals surface area contributed by atoms with Crippen LogP contribution in [0, 0.1) is 6.92 Å². The van der Waals surface area contributed by atoms with Crippen molar-refractivity contribution in [1.29, 1.82) is 0 Å². The molecule has 1 saturated carbocycles. The van der Waals surface area contributed by atoms with Gasteiger partial charge in [0.15, 0.2) is 0 Å². The fourth-order valence-corrected chi connectivity index (χ4v) is 7.02. The van der Waals surface area contributed by atoms with Gasteiger partial charge in [0, 0.05) is 28.3 Å². The number of carbonyl (C=O) groups excluding carboxylic acids is 2. The van der Waals surface area contributed by atoms with E-state index in [0.717, 1.165) is 28.2 Å². The molecule has 4 nitrogen and oxygen atoms in total. The van der Waals surface area contributed by atoms with E-state index in [0.29, 0.717) is 29.9 Å². The second kappa shape index (κ2) is 10.8. The Labute approximate surface area is 215 Å². The third kappa shape index (κ3) is 5.54. The lowest BCUT2D eigenvalue weighted by atomic mass is 9.92. The topological polar surface area (TPSA) is 49.4 Å². The van der Waals surface area contributed by atoms with Crippen molar-refractivity contribution in [2.24, 2.45) is 0 Å². The fraction of sp³-hybridized carbons (Fsp3) is 0.310. The Morgan fingerprint density at radius 3 is 2.63 bits per heavy atom. The first kappa shape index (κ1) is 23.9. The minimum atomic E-state index is -0.0878. The number of aryl methyl sites for hydroxylation is 1. The summed E-state index contributed by atoms with van der Waals surface area (Å²) < 4.78 is 0. The van der Waals surface area contributed by atoms with E-state index >= 15 is 0 Å². The number of thiophene rings is 1. The molecule has 2 unspecified atom stereocenters. The van der Waals surface area contributed by atoms with Gasteiger partial charge in [0.2, 0.25) is 0 Å². The monoisotopic (exact) mass is 502 g/mol. The van der Waals surface area contributed by atoms with E-state index in [9.17, 15) is 9.59 Å². The summed E-state index contributed by atoms with van der Waals surface area (Å²) in [7, 11) is 0. The minimum Gasteiger partial charge on any atom is -0.347 e. The highest BCUT2D eigenvalue weighted by Gasteiger charge is 2.40. The maximum atomic E-state index is 13.6. The SMILES string of the molecule is Cc1ccccc1CN1C(=O)/C(=C\c2ccc(C(=O)NCc3cccs3)cc2)SC2CCCCC21. The standard InChI is InChI=1S/C29H30N2O2S2/c1-20-7-2-3-8-23(20)19-31-25-10-4-5-11-26(25)35-27(29(31)33)17-21-12-14-22(15-13-21)28(32)30-18-24-9-6-16-34-24/h2-3,6-9,12-17,25-26H,4-5,10-11,18-19H2,1H3,(H,30,32)/b27-17+. The molecule has 2 heterocycles. The normalized spacial score (nSPS) is 21.1. The Morgan fingerprint density at radius 1 is 1.06 bits per heavy atom. The number of nitrogens with one attached hydrogen (secondary N) is 1. The van der Waals surface area contributed by atoms with Crippen LogP contribution in [-0.2, 0) is 17.9 Å². The van der Waals surface area contributed by atoms with Crippen molar-refractivity contribution in [2.75, 3.05) is 0 Å². The second-order valence-corrected chi connectivity index (χ2v) is 11.6. The maximum Gasteiger partial charge on any atom is 0.260 e. The molecule has 5 rings (SSSR count). The molecule has 6 heteroatoms. The van der Waals surface area contributed by atoms with Gasteiger partial charge in [0.1, 0.15) is 0 Å². The summed E-state index contributed by atoms with van der Waals surface area (Å²) in [6.07, 6.45) is 6.64. The zero-order valence-electron chi connectivity index (χ0n) is 19.9. The third-order valence-electron chi connectivity index (χ3n) is 6.89. The number of rotatable bonds is 6. The predicted octanol–water partition coefficient (Wildman–Crippen LogP) is 6.41. The maximum absolute atomic E-state index is 13.6. The molecule has 35 heavy (non-hydrogen) atoms. The summed E-state index contributed by atoms with van der Waals surface area (Å²) in [6.45, 7) is 3.31. The molecular formula is C29H30N2O2S2. The Balaban J connectivity index is 1.33. The second-order valence-electron chi connectivity index (χ2n) is 9.26. The van der Waals surface area contributed by atoms with Gasteiger partial charge in [0.05, 0.1) is 11.4 Å². The van der Waals surface area contributed by atoms with Crippen LogP contribution < -0.4 is 5.32 Å². The van der Waals surface area contributed by atoms with Gasteiger partial charge in [0.25, 0.3) is 11.8 Å². The van der Waals surface area contributed by atoms with E-state index in [1.54, 1.807) is 23.1 Å². The van der Waals surface area contributed by atoms with Gasteiger partial charge in [-0.3, -0.25) is 9.59 Å². The molecular weight excluding hydrogens is 472 g/mol. The molecule has 1 N–H and O–H groups in total. The minimum absolute atomic E-state index is 0.0878. The van der Waals surface area contributed by atoms with Crippen LogP contribution in [0.25, 0.3) is 6.08 Å². The van der Waals surface area contributed by atoms with E-state index < -0.39 is 0 Å². The number of hydrogen-bond acceptors (Lipinski definition) is 4. The van der Waals surface area contributed by atoms with Crippen LogP contribution in [0.3, 0.4) is 0 Å². The molecule has 0 bridgehead atoms. The first-order valence-electron chi connectivity index (χ1n) is 12.2. The molecule has 180 valence electrons. The molecule has 1 saturated heterocycles. The summed E-state index contributed by atoms with van der Waals surface area (Å²) in [6, 6.07) is 20.2. The number of carbonyl (C=O) groups is 2. The van der Waals surface area contributed by atoms with Crippen molar-refractivity contribution >= 4 is 41.0 Å². The van der Waals surface area contributed by atoms with E-state index in [1.807, 2.05) is 53.9 Å². The average molecular weight is 503 g/mol. The first-order valence-corrected chi connectivity index (χ1v) is 14.0. The van der Waals surface area contributed by atoms with E-state index in [-0.39, 0.29) is 11.8 Å². The number of benzene rings is 2. The van der Waals surface area contributed by atoms with Crippen LogP contribution in [0.4, 0.5) is 0 Å². The lowest BCUT2D eigenvalue weighted by Crippen LogP contribution is -2.50. The Bertz CT molecular complexity index is 1220. The van der Waals surface area contributed by atoms with Crippen molar-refractivity contribution in [2.45, 2.75) is 57.0 Å². The summed E-state index contributed by atoms with van der Waals surface area (Å²) >= 11 is 3.38. The molecule has 0 spiro atoms. The van der Waals surface area contributed by atoms with E-state index in [4.69, 9.17) is 0 Å². The van der Waals surface area contributed by atoms with Gasteiger partial charge in [-0.05, 0) is 66.1 Å². The van der Waals surface area contributed by atoms with Crippen LogP contribution in [0.15, 0.2) is 70.9 Å².